The third-order valence-corrected chi connectivity index (χ3v) is 3.44. The molecule has 17 heavy (non-hydrogen) atoms. The van der Waals surface area contributed by atoms with Crippen molar-refractivity contribution in [1.82, 2.24) is 9.88 Å². The maximum Gasteiger partial charge on any atom is 0.257 e. The second-order valence-corrected chi connectivity index (χ2v) is 4.56. The van der Waals surface area contributed by atoms with Crippen molar-refractivity contribution < 1.29 is 4.79 Å². The number of nitrogens with two attached hydrogens (primary N) is 1. The van der Waals surface area contributed by atoms with E-state index in [9.17, 15) is 4.79 Å². The Labute approximate surface area is 101 Å². The molecule has 1 unspecified atom stereocenters. The second-order valence-electron chi connectivity index (χ2n) is 4.56. The van der Waals surface area contributed by atoms with Gasteiger partial charge in [-0.25, -0.2) is 0 Å². The van der Waals surface area contributed by atoms with Crippen LogP contribution in [0, 0.1) is 5.92 Å². The Kier molecular flexibility index (Phi) is 3.28. The molecule has 1 atom stereocenters. The summed E-state index contributed by atoms with van der Waals surface area (Å²) < 4.78 is 0. The molecule has 0 spiro atoms. The van der Waals surface area contributed by atoms with Gasteiger partial charge in [-0.05, 0) is 31.7 Å². The van der Waals surface area contributed by atoms with Crippen molar-refractivity contribution in [3.05, 3.63) is 24.0 Å². The molecule has 0 aliphatic heterocycles. The van der Waals surface area contributed by atoms with E-state index in [0.717, 1.165) is 0 Å². The molecule has 0 saturated heterocycles. The second kappa shape index (κ2) is 4.71. The molecular weight excluding hydrogens is 216 g/mol. The van der Waals surface area contributed by atoms with Gasteiger partial charge in [-0.3, -0.25) is 15.6 Å². The SMILES string of the molecule is CC(C1CC1)N(C)C(=O)c1cnccc1NN. The van der Waals surface area contributed by atoms with Crippen LogP contribution in [0.2, 0.25) is 0 Å². The summed E-state index contributed by atoms with van der Waals surface area (Å²) in [6, 6.07) is 1.97. The molecule has 2 rings (SSSR count). The van der Waals surface area contributed by atoms with Crippen LogP contribution in [0.3, 0.4) is 0 Å². The predicted molar refractivity (Wildman–Crippen MR) is 66.3 cm³/mol. The van der Waals surface area contributed by atoms with Crippen LogP contribution in [0.5, 0.6) is 0 Å². The quantitative estimate of drug-likeness (QED) is 0.607. The number of pyridine rings is 1. The van der Waals surface area contributed by atoms with Gasteiger partial charge in [-0.15, -0.1) is 0 Å². The Bertz CT molecular complexity index is 417. The molecule has 5 heteroatoms. The summed E-state index contributed by atoms with van der Waals surface area (Å²) in [5.41, 5.74) is 3.66. The number of hydrogen-bond donors (Lipinski definition) is 2. The Morgan fingerprint density at radius 3 is 2.94 bits per heavy atom. The van der Waals surface area contributed by atoms with Crippen LogP contribution in [0.25, 0.3) is 0 Å². The summed E-state index contributed by atoms with van der Waals surface area (Å²) in [4.78, 5) is 18.0. The van der Waals surface area contributed by atoms with Crippen molar-refractivity contribution in [1.29, 1.82) is 0 Å². The minimum Gasteiger partial charge on any atom is -0.339 e. The molecule has 5 nitrogen and oxygen atoms in total. The van der Waals surface area contributed by atoms with Gasteiger partial charge in [0, 0.05) is 25.5 Å². The Balaban J connectivity index is 2.17. The molecular formula is C12H18N4O. The first-order valence-corrected chi connectivity index (χ1v) is 5.83. The number of anilines is 1. The van der Waals surface area contributed by atoms with Crippen molar-refractivity contribution in [2.45, 2.75) is 25.8 Å². The lowest BCUT2D eigenvalue weighted by atomic mass is 10.1. The van der Waals surface area contributed by atoms with Gasteiger partial charge in [0.25, 0.3) is 5.91 Å². The largest absolute Gasteiger partial charge is 0.339 e. The molecule has 1 aliphatic rings. The molecule has 3 N–H and O–H groups in total. The van der Waals surface area contributed by atoms with Crippen LogP contribution >= 0.6 is 0 Å². The standard InChI is InChI=1S/C12H18N4O/c1-8(9-3-4-9)16(2)12(17)10-7-14-6-5-11(10)15-13/h5-9H,3-4,13H2,1-2H3,(H,14,15). The smallest absolute Gasteiger partial charge is 0.257 e. The van der Waals surface area contributed by atoms with Crippen LogP contribution in [0.15, 0.2) is 18.5 Å². The number of nitrogen functional groups attached to an aromatic ring is 1. The third kappa shape index (κ3) is 2.39. The number of carbonyl (C=O) groups excluding carboxylic acids is 1. The van der Waals surface area contributed by atoms with E-state index in [-0.39, 0.29) is 11.9 Å². The zero-order chi connectivity index (χ0) is 12.4. The lowest BCUT2D eigenvalue weighted by molar-refractivity contribution is 0.0728. The number of hydrogen-bond acceptors (Lipinski definition) is 4. The van der Waals surface area contributed by atoms with Gasteiger partial charge < -0.3 is 10.3 Å². The van der Waals surface area contributed by atoms with Gasteiger partial charge in [0.1, 0.15) is 0 Å². The lowest BCUT2D eigenvalue weighted by Crippen LogP contribution is -2.37. The average molecular weight is 234 g/mol. The number of nitrogens with zero attached hydrogens (tertiary/aromatic N) is 2. The van der Waals surface area contributed by atoms with E-state index < -0.39 is 0 Å². The first kappa shape index (κ1) is 11.9. The molecule has 1 heterocycles. The van der Waals surface area contributed by atoms with E-state index in [1.54, 1.807) is 23.4 Å². The highest BCUT2D eigenvalue weighted by Gasteiger charge is 2.33. The van der Waals surface area contributed by atoms with E-state index >= 15 is 0 Å². The number of hydrazine groups is 1. The fourth-order valence-corrected chi connectivity index (χ4v) is 1.96. The van der Waals surface area contributed by atoms with Gasteiger partial charge >= 0.3 is 0 Å². The minimum atomic E-state index is -0.0366. The Morgan fingerprint density at radius 1 is 1.65 bits per heavy atom. The van der Waals surface area contributed by atoms with Crippen molar-refractivity contribution in [2.24, 2.45) is 11.8 Å². The predicted octanol–water partition coefficient (Wildman–Crippen LogP) is 1.24. The van der Waals surface area contributed by atoms with Crippen LogP contribution in [0.1, 0.15) is 30.1 Å². The minimum absolute atomic E-state index is 0.0366. The van der Waals surface area contributed by atoms with Crippen LogP contribution in [0.4, 0.5) is 5.69 Å². The third-order valence-electron chi connectivity index (χ3n) is 3.44. The number of carbonyl (C=O) groups is 1. The highest BCUT2D eigenvalue weighted by Crippen LogP contribution is 2.35. The van der Waals surface area contributed by atoms with E-state index in [0.29, 0.717) is 17.2 Å². The molecule has 1 amide bonds. The molecule has 0 aromatic carbocycles. The molecule has 92 valence electrons. The summed E-state index contributed by atoms with van der Waals surface area (Å²) >= 11 is 0. The van der Waals surface area contributed by atoms with E-state index in [1.165, 1.54) is 12.8 Å². The van der Waals surface area contributed by atoms with Gasteiger partial charge in [0.15, 0.2) is 0 Å². The molecule has 1 aliphatic carbocycles. The van der Waals surface area contributed by atoms with Gasteiger partial charge in [-0.2, -0.15) is 0 Å². The number of aromatic nitrogens is 1. The molecule has 1 saturated carbocycles. The lowest BCUT2D eigenvalue weighted by Gasteiger charge is -2.25. The fourth-order valence-electron chi connectivity index (χ4n) is 1.96. The normalized spacial score (nSPS) is 16.4. The Hall–Kier alpha value is -1.62. The van der Waals surface area contributed by atoms with E-state index in [1.807, 2.05) is 7.05 Å². The first-order valence-electron chi connectivity index (χ1n) is 5.83. The summed E-state index contributed by atoms with van der Waals surface area (Å²) in [5.74, 6) is 6.00. The number of nitrogens with one attached hydrogen (secondary N) is 1. The average Bonchev–Trinajstić information content (AvgIpc) is 3.20. The van der Waals surface area contributed by atoms with Crippen molar-refractivity contribution >= 4 is 11.6 Å². The summed E-state index contributed by atoms with van der Waals surface area (Å²) in [7, 11) is 1.83. The van der Waals surface area contributed by atoms with E-state index in [4.69, 9.17) is 5.84 Å². The van der Waals surface area contributed by atoms with Gasteiger partial charge in [0.05, 0.1) is 11.3 Å². The molecule has 0 bridgehead atoms. The van der Waals surface area contributed by atoms with Crippen molar-refractivity contribution in [3.63, 3.8) is 0 Å². The maximum absolute atomic E-state index is 12.3. The number of rotatable bonds is 4. The molecule has 1 fully saturated rings. The highest BCUT2D eigenvalue weighted by atomic mass is 16.2. The highest BCUT2D eigenvalue weighted by molar-refractivity contribution is 5.99. The Morgan fingerprint density at radius 2 is 2.35 bits per heavy atom. The first-order chi connectivity index (χ1) is 8.15. The molecule has 1 aromatic heterocycles. The summed E-state index contributed by atoms with van der Waals surface area (Å²) in [5, 5.41) is 0. The van der Waals surface area contributed by atoms with Gasteiger partial charge in [-0.1, -0.05) is 0 Å². The molecule has 1 aromatic rings. The van der Waals surface area contributed by atoms with Crippen molar-refractivity contribution in [3.8, 4) is 0 Å². The van der Waals surface area contributed by atoms with Crippen LogP contribution in [-0.4, -0.2) is 28.9 Å². The zero-order valence-electron chi connectivity index (χ0n) is 10.2. The van der Waals surface area contributed by atoms with E-state index in [2.05, 4.69) is 17.3 Å². The maximum atomic E-state index is 12.3. The molecule has 0 radical (unpaired) electrons. The topological polar surface area (TPSA) is 71.2 Å². The monoisotopic (exact) mass is 234 g/mol. The fraction of sp³-hybridized carbons (Fsp3) is 0.500. The van der Waals surface area contributed by atoms with Crippen molar-refractivity contribution in [2.75, 3.05) is 12.5 Å². The van der Waals surface area contributed by atoms with Crippen LogP contribution < -0.4 is 11.3 Å². The van der Waals surface area contributed by atoms with Gasteiger partial charge in [0.2, 0.25) is 0 Å². The number of amides is 1. The zero-order valence-corrected chi connectivity index (χ0v) is 10.2. The van der Waals surface area contributed by atoms with Crippen LogP contribution in [-0.2, 0) is 0 Å². The summed E-state index contributed by atoms with van der Waals surface area (Å²) in [6.07, 6.45) is 5.59. The summed E-state index contributed by atoms with van der Waals surface area (Å²) in [6.45, 7) is 2.08.